The Morgan fingerprint density at radius 3 is 2.34 bits per heavy atom. The second-order valence-electron chi connectivity index (χ2n) is 6.97. The van der Waals surface area contributed by atoms with Crippen molar-refractivity contribution in [3.63, 3.8) is 0 Å². The van der Waals surface area contributed by atoms with Gasteiger partial charge in [-0.3, -0.25) is 9.59 Å². The van der Waals surface area contributed by atoms with Crippen LogP contribution in [0.5, 0.6) is 0 Å². The molecule has 0 aromatic heterocycles. The highest BCUT2D eigenvalue weighted by Crippen LogP contribution is 2.24. The van der Waals surface area contributed by atoms with Crippen molar-refractivity contribution in [1.29, 1.82) is 0 Å². The van der Waals surface area contributed by atoms with Gasteiger partial charge >= 0.3 is 0 Å². The number of carbonyl (C=O) groups is 2. The Labute approximate surface area is 183 Å². The van der Waals surface area contributed by atoms with Crippen molar-refractivity contribution in [3.05, 3.63) is 69.7 Å². The molecule has 1 unspecified atom stereocenters. The molecule has 0 aliphatic rings. The molecule has 1 atom stereocenters. The van der Waals surface area contributed by atoms with Crippen molar-refractivity contribution in [2.24, 2.45) is 0 Å². The van der Waals surface area contributed by atoms with Crippen molar-refractivity contribution in [2.75, 3.05) is 6.54 Å². The van der Waals surface area contributed by atoms with E-state index in [1.807, 2.05) is 50.2 Å². The van der Waals surface area contributed by atoms with Gasteiger partial charge in [-0.15, -0.1) is 0 Å². The maximum absolute atomic E-state index is 13.1. The molecule has 4 nitrogen and oxygen atoms in total. The number of nitrogens with one attached hydrogen (secondary N) is 1. The topological polar surface area (TPSA) is 49.4 Å². The van der Waals surface area contributed by atoms with Gasteiger partial charge < -0.3 is 10.2 Å². The molecule has 2 amide bonds. The van der Waals surface area contributed by atoms with Crippen LogP contribution in [0.15, 0.2) is 48.5 Å². The number of rotatable bonds is 10. The van der Waals surface area contributed by atoms with Gasteiger partial charge in [0, 0.05) is 19.5 Å². The number of carbonyl (C=O) groups excluding carboxylic acids is 2. The molecule has 29 heavy (non-hydrogen) atoms. The van der Waals surface area contributed by atoms with Crippen LogP contribution in [0.25, 0.3) is 0 Å². The summed E-state index contributed by atoms with van der Waals surface area (Å²) in [6.07, 6.45) is 2.35. The Morgan fingerprint density at radius 2 is 1.72 bits per heavy atom. The van der Waals surface area contributed by atoms with Gasteiger partial charge in [0.2, 0.25) is 11.8 Å². The van der Waals surface area contributed by atoms with E-state index in [0.29, 0.717) is 42.4 Å². The predicted octanol–water partition coefficient (Wildman–Crippen LogP) is 5.26. The van der Waals surface area contributed by atoms with E-state index in [4.69, 9.17) is 23.2 Å². The largest absolute Gasteiger partial charge is 0.354 e. The lowest BCUT2D eigenvalue weighted by Gasteiger charge is -2.31. The van der Waals surface area contributed by atoms with E-state index >= 15 is 0 Å². The minimum Gasteiger partial charge on any atom is -0.354 e. The Morgan fingerprint density at radius 1 is 1.00 bits per heavy atom. The molecule has 0 spiro atoms. The van der Waals surface area contributed by atoms with Gasteiger partial charge in [-0.1, -0.05) is 73.4 Å². The third-order valence-corrected chi connectivity index (χ3v) is 5.48. The highest BCUT2D eigenvalue weighted by molar-refractivity contribution is 6.42. The molecule has 0 saturated carbocycles. The van der Waals surface area contributed by atoms with Gasteiger partial charge in [-0.05, 0) is 42.5 Å². The molecular formula is C23H28Cl2N2O2. The summed E-state index contributed by atoms with van der Waals surface area (Å²) in [4.78, 5) is 27.5. The van der Waals surface area contributed by atoms with Crippen molar-refractivity contribution < 1.29 is 9.59 Å². The van der Waals surface area contributed by atoms with Crippen molar-refractivity contribution in [2.45, 2.75) is 52.1 Å². The molecule has 2 aromatic rings. The van der Waals surface area contributed by atoms with E-state index in [1.54, 1.807) is 17.0 Å². The molecule has 0 fully saturated rings. The molecule has 0 aliphatic carbocycles. The maximum Gasteiger partial charge on any atom is 0.242 e. The van der Waals surface area contributed by atoms with Gasteiger partial charge in [0.1, 0.15) is 6.04 Å². The molecule has 0 heterocycles. The third kappa shape index (κ3) is 7.06. The number of amides is 2. The lowest BCUT2D eigenvalue weighted by atomic mass is 10.1. The zero-order valence-electron chi connectivity index (χ0n) is 17.0. The number of aryl methyl sites for hydroxylation is 1. The first-order valence-electron chi connectivity index (χ1n) is 10.0. The number of benzene rings is 2. The average molecular weight is 435 g/mol. The minimum atomic E-state index is -0.528. The minimum absolute atomic E-state index is 0.0570. The van der Waals surface area contributed by atoms with Crippen LogP contribution in [0.3, 0.4) is 0 Å². The maximum atomic E-state index is 13.1. The predicted molar refractivity (Wildman–Crippen MR) is 119 cm³/mol. The zero-order chi connectivity index (χ0) is 21.2. The SMILES string of the molecule is CCCNC(=O)C(CC)N(Cc1ccc(Cl)c(Cl)c1)C(=O)CCc1ccccc1. The first-order chi connectivity index (χ1) is 14.0. The first kappa shape index (κ1) is 23.2. The van der Waals surface area contributed by atoms with E-state index < -0.39 is 6.04 Å². The fraction of sp³-hybridized carbons (Fsp3) is 0.391. The molecular weight excluding hydrogens is 407 g/mol. The number of hydrogen-bond donors (Lipinski definition) is 1. The van der Waals surface area contributed by atoms with Gasteiger partial charge in [0.05, 0.1) is 10.0 Å². The van der Waals surface area contributed by atoms with E-state index in [2.05, 4.69) is 5.32 Å². The normalized spacial score (nSPS) is 11.7. The molecule has 0 radical (unpaired) electrons. The molecule has 1 N–H and O–H groups in total. The summed E-state index contributed by atoms with van der Waals surface area (Å²) in [7, 11) is 0. The summed E-state index contributed by atoms with van der Waals surface area (Å²) in [6, 6.07) is 14.6. The third-order valence-electron chi connectivity index (χ3n) is 4.74. The fourth-order valence-electron chi connectivity index (χ4n) is 3.16. The highest BCUT2D eigenvalue weighted by atomic mass is 35.5. The van der Waals surface area contributed by atoms with Crippen molar-refractivity contribution in [3.8, 4) is 0 Å². The van der Waals surface area contributed by atoms with Crippen LogP contribution in [0.2, 0.25) is 10.0 Å². The Balaban J connectivity index is 2.21. The number of halogens is 2. The van der Waals surface area contributed by atoms with Crippen LogP contribution in [0.1, 0.15) is 44.2 Å². The van der Waals surface area contributed by atoms with Crippen LogP contribution in [-0.2, 0) is 22.6 Å². The second kappa shape index (κ2) is 11.8. The van der Waals surface area contributed by atoms with Crippen LogP contribution in [-0.4, -0.2) is 29.3 Å². The summed E-state index contributed by atoms with van der Waals surface area (Å²) in [5.74, 6) is -0.180. The summed E-state index contributed by atoms with van der Waals surface area (Å²) in [5, 5.41) is 3.82. The first-order valence-corrected chi connectivity index (χ1v) is 10.8. The smallest absolute Gasteiger partial charge is 0.242 e. The molecule has 0 aliphatic heterocycles. The molecule has 2 rings (SSSR count). The monoisotopic (exact) mass is 434 g/mol. The fourth-order valence-corrected chi connectivity index (χ4v) is 3.48. The highest BCUT2D eigenvalue weighted by Gasteiger charge is 2.28. The van der Waals surface area contributed by atoms with Gasteiger partial charge in [-0.25, -0.2) is 0 Å². The quantitative estimate of drug-likeness (QED) is 0.554. The summed E-state index contributed by atoms with van der Waals surface area (Å²) in [6.45, 7) is 4.82. The number of nitrogens with zero attached hydrogens (tertiary/aromatic N) is 1. The summed E-state index contributed by atoms with van der Waals surface area (Å²) >= 11 is 12.2. The van der Waals surface area contributed by atoms with E-state index in [0.717, 1.165) is 17.5 Å². The summed E-state index contributed by atoms with van der Waals surface area (Å²) < 4.78 is 0. The van der Waals surface area contributed by atoms with Crippen LogP contribution < -0.4 is 5.32 Å². The van der Waals surface area contributed by atoms with E-state index in [-0.39, 0.29) is 11.8 Å². The number of hydrogen-bond acceptors (Lipinski definition) is 2. The Kier molecular flexibility index (Phi) is 9.49. The lowest BCUT2D eigenvalue weighted by molar-refractivity contribution is -0.141. The van der Waals surface area contributed by atoms with E-state index in [9.17, 15) is 9.59 Å². The molecule has 156 valence electrons. The van der Waals surface area contributed by atoms with E-state index in [1.165, 1.54) is 0 Å². The van der Waals surface area contributed by atoms with Crippen LogP contribution in [0.4, 0.5) is 0 Å². The molecule has 6 heteroatoms. The van der Waals surface area contributed by atoms with Crippen LogP contribution >= 0.6 is 23.2 Å². The average Bonchev–Trinajstić information content (AvgIpc) is 2.73. The molecule has 0 bridgehead atoms. The standard InChI is InChI=1S/C23H28Cl2N2O2/c1-3-14-26-23(29)21(4-2)27(16-18-10-12-19(24)20(25)15-18)22(28)13-11-17-8-6-5-7-9-17/h5-10,12,15,21H,3-4,11,13-14,16H2,1-2H3,(H,26,29). The van der Waals surface area contributed by atoms with Crippen molar-refractivity contribution in [1.82, 2.24) is 10.2 Å². The zero-order valence-corrected chi connectivity index (χ0v) is 18.5. The van der Waals surface area contributed by atoms with Gasteiger partial charge in [0.25, 0.3) is 0 Å². The van der Waals surface area contributed by atoms with Crippen LogP contribution in [0, 0.1) is 0 Å². The van der Waals surface area contributed by atoms with Gasteiger partial charge in [-0.2, -0.15) is 0 Å². The second-order valence-corrected chi connectivity index (χ2v) is 7.79. The molecule has 2 aromatic carbocycles. The van der Waals surface area contributed by atoms with Crippen molar-refractivity contribution >= 4 is 35.0 Å². The van der Waals surface area contributed by atoms with Gasteiger partial charge in [0.15, 0.2) is 0 Å². The Hall–Kier alpha value is -2.04. The summed E-state index contributed by atoms with van der Waals surface area (Å²) in [5.41, 5.74) is 1.94. The molecule has 0 saturated heterocycles. The lowest BCUT2D eigenvalue weighted by Crippen LogP contribution is -2.49. The Bertz CT molecular complexity index is 812.